The van der Waals surface area contributed by atoms with Crippen LogP contribution in [-0.4, -0.2) is 17.6 Å². The minimum Gasteiger partial charge on any atom is -0.481 e. The Balaban J connectivity index is 3.34. The third kappa shape index (κ3) is 2.17. The van der Waals surface area contributed by atoms with E-state index in [4.69, 9.17) is 10.8 Å². The van der Waals surface area contributed by atoms with Crippen molar-refractivity contribution in [1.82, 2.24) is 0 Å². The van der Waals surface area contributed by atoms with Gasteiger partial charge in [-0.1, -0.05) is 6.92 Å². The van der Waals surface area contributed by atoms with Crippen LogP contribution in [-0.2, 0) is 4.79 Å². The molecule has 1 unspecified atom stereocenters. The zero-order valence-corrected chi connectivity index (χ0v) is 4.22. The zero-order chi connectivity index (χ0) is 5.86. The largest absolute Gasteiger partial charge is 0.481 e. The molecule has 0 aromatic rings. The van der Waals surface area contributed by atoms with Gasteiger partial charge in [-0.25, -0.2) is 0 Å². The molecular formula is C4H9NO2. The van der Waals surface area contributed by atoms with Gasteiger partial charge >= 0.3 is 5.97 Å². The van der Waals surface area contributed by atoms with E-state index >= 15 is 0 Å². The molecule has 3 heteroatoms. The summed E-state index contributed by atoms with van der Waals surface area (Å²) in [5, 5.41) is 8.10. The normalized spacial score (nSPS) is 13.4. The van der Waals surface area contributed by atoms with E-state index in [0.717, 1.165) is 0 Å². The van der Waals surface area contributed by atoms with E-state index < -0.39 is 11.9 Å². The van der Waals surface area contributed by atoms with Gasteiger partial charge < -0.3 is 10.8 Å². The third-order valence-corrected chi connectivity index (χ3v) is 0.775. The second-order valence-electron chi connectivity index (χ2n) is 1.47. The van der Waals surface area contributed by atoms with E-state index in [-0.39, 0.29) is 6.54 Å². The summed E-state index contributed by atoms with van der Waals surface area (Å²) in [5.74, 6) is -1.23. The van der Waals surface area contributed by atoms with Gasteiger partial charge in [0.1, 0.15) is 0 Å². The standard InChI is InChI=1S/C4H9NO2/c1-3(2-5)4(6)7/h3H,2,5H2,1H3,(H,6,7)/i4+1. The topological polar surface area (TPSA) is 63.3 Å². The van der Waals surface area contributed by atoms with E-state index in [1.54, 1.807) is 6.92 Å². The lowest BCUT2D eigenvalue weighted by molar-refractivity contribution is -0.140. The maximum absolute atomic E-state index is 9.85. The number of carboxylic acid groups (broad SMARTS) is 1. The molecule has 0 aliphatic rings. The van der Waals surface area contributed by atoms with Gasteiger partial charge in [0, 0.05) is 6.54 Å². The molecule has 3 nitrogen and oxygen atoms in total. The maximum Gasteiger partial charge on any atom is 0.307 e. The summed E-state index contributed by atoms with van der Waals surface area (Å²) in [7, 11) is 0. The molecular weight excluding hydrogens is 95.0 g/mol. The number of hydrogen-bond acceptors (Lipinski definition) is 2. The van der Waals surface area contributed by atoms with Gasteiger partial charge in [0.2, 0.25) is 0 Å². The number of nitrogens with two attached hydrogens (primary N) is 1. The Hall–Kier alpha value is -0.570. The lowest BCUT2D eigenvalue weighted by atomic mass is 10.3. The van der Waals surface area contributed by atoms with Crippen molar-refractivity contribution >= 4 is 5.97 Å². The van der Waals surface area contributed by atoms with Crippen LogP contribution in [0.4, 0.5) is 0 Å². The Morgan fingerprint density at radius 3 is 2.43 bits per heavy atom. The van der Waals surface area contributed by atoms with Crippen molar-refractivity contribution in [3.8, 4) is 0 Å². The first-order valence-electron chi connectivity index (χ1n) is 2.11. The van der Waals surface area contributed by atoms with Crippen molar-refractivity contribution in [2.45, 2.75) is 6.92 Å². The molecule has 0 spiro atoms. The average Bonchev–Trinajstić information content (AvgIpc) is 1.65. The van der Waals surface area contributed by atoms with Crippen LogP contribution in [0.3, 0.4) is 0 Å². The first-order valence-corrected chi connectivity index (χ1v) is 2.11. The lowest BCUT2D eigenvalue weighted by Crippen LogP contribution is -2.19. The number of hydrogen-bond donors (Lipinski definition) is 2. The van der Waals surface area contributed by atoms with Gasteiger partial charge in [0.05, 0.1) is 5.92 Å². The van der Waals surface area contributed by atoms with Gasteiger partial charge in [-0.05, 0) is 0 Å². The van der Waals surface area contributed by atoms with Gasteiger partial charge in [-0.3, -0.25) is 4.79 Å². The highest BCUT2D eigenvalue weighted by molar-refractivity contribution is 5.69. The van der Waals surface area contributed by atoms with E-state index in [1.165, 1.54) is 0 Å². The first-order chi connectivity index (χ1) is 3.18. The summed E-state index contributed by atoms with van der Waals surface area (Å²) >= 11 is 0. The number of aliphatic carboxylic acids is 1. The van der Waals surface area contributed by atoms with Crippen molar-refractivity contribution in [3.63, 3.8) is 0 Å². The minimum atomic E-state index is -0.831. The molecule has 0 saturated heterocycles. The third-order valence-electron chi connectivity index (χ3n) is 0.775. The van der Waals surface area contributed by atoms with E-state index in [9.17, 15) is 4.79 Å². The molecule has 0 saturated carbocycles. The fraction of sp³-hybridized carbons (Fsp3) is 0.750. The summed E-state index contributed by atoms with van der Waals surface area (Å²) in [4.78, 5) is 9.85. The fourth-order valence-electron chi connectivity index (χ4n) is 0.101. The van der Waals surface area contributed by atoms with Crippen LogP contribution in [0.15, 0.2) is 0 Å². The fourth-order valence-corrected chi connectivity index (χ4v) is 0.101. The molecule has 0 heterocycles. The summed E-state index contributed by atoms with van der Waals surface area (Å²) in [6, 6.07) is 0. The molecule has 0 aliphatic heterocycles. The molecule has 42 valence electrons. The van der Waals surface area contributed by atoms with Crippen LogP contribution >= 0.6 is 0 Å². The van der Waals surface area contributed by atoms with Crippen molar-refractivity contribution in [3.05, 3.63) is 0 Å². The smallest absolute Gasteiger partial charge is 0.307 e. The molecule has 0 bridgehead atoms. The quantitative estimate of drug-likeness (QED) is 0.471. The van der Waals surface area contributed by atoms with Crippen LogP contribution in [0.5, 0.6) is 0 Å². The second-order valence-corrected chi connectivity index (χ2v) is 1.47. The molecule has 0 aromatic heterocycles. The Morgan fingerprint density at radius 1 is 2.00 bits per heavy atom. The van der Waals surface area contributed by atoms with E-state index in [2.05, 4.69) is 0 Å². The Morgan fingerprint density at radius 2 is 2.43 bits per heavy atom. The van der Waals surface area contributed by atoms with Crippen LogP contribution in [0.25, 0.3) is 0 Å². The summed E-state index contributed by atoms with van der Waals surface area (Å²) in [6.45, 7) is 1.79. The highest BCUT2D eigenvalue weighted by Gasteiger charge is 2.05. The average molecular weight is 104 g/mol. The molecule has 3 N–H and O–H groups in total. The van der Waals surface area contributed by atoms with Crippen molar-refractivity contribution < 1.29 is 9.90 Å². The van der Waals surface area contributed by atoms with Gasteiger partial charge in [0.25, 0.3) is 0 Å². The summed E-state index contributed by atoms with van der Waals surface area (Å²) in [6.07, 6.45) is 0. The Kier molecular flexibility index (Phi) is 2.37. The monoisotopic (exact) mass is 104 g/mol. The van der Waals surface area contributed by atoms with Crippen molar-refractivity contribution in [2.75, 3.05) is 6.54 Å². The molecule has 1 atom stereocenters. The summed E-state index contributed by atoms with van der Waals surface area (Å²) in [5.41, 5.74) is 4.99. The van der Waals surface area contributed by atoms with E-state index in [0.29, 0.717) is 0 Å². The first kappa shape index (κ1) is 6.43. The van der Waals surface area contributed by atoms with Crippen molar-refractivity contribution in [1.29, 1.82) is 0 Å². The van der Waals surface area contributed by atoms with Crippen LogP contribution in [0, 0.1) is 5.92 Å². The van der Waals surface area contributed by atoms with Crippen LogP contribution in [0.2, 0.25) is 0 Å². The van der Waals surface area contributed by atoms with E-state index in [1.807, 2.05) is 0 Å². The number of rotatable bonds is 2. The second kappa shape index (κ2) is 2.58. The molecule has 0 aliphatic carbocycles. The molecule has 0 aromatic carbocycles. The highest BCUT2D eigenvalue weighted by Crippen LogP contribution is 1.87. The van der Waals surface area contributed by atoms with Crippen LogP contribution < -0.4 is 5.73 Å². The lowest BCUT2D eigenvalue weighted by Gasteiger charge is -1.96. The predicted molar refractivity (Wildman–Crippen MR) is 25.9 cm³/mol. The number of carboxylic acids is 1. The van der Waals surface area contributed by atoms with Crippen LogP contribution in [0.1, 0.15) is 6.92 Å². The molecule has 0 rings (SSSR count). The molecule has 7 heavy (non-hydrogen) atoms. The van der Waals surface area contributed by atoms with Gasteiger partial charge in [-0.2, -0.15) is 0 Å². The Labute approximate surface area is 42.1 Å². The molecule has 0 fully saturated rings. The molecule has 0 amide bonds. The van der Waals surface area contributed by atoms with Crippen molar-refractivity contribution in [2.24, 2.45) is 11.7 Å². The molecule has 0 radical (unpaired) electrons. The summed E-state index contributed by atoms with van der Waals surface area (Å²) < 4.78 is 0. The van der Waals surface area contributed by atoms with Gasteiger partial charge in [0.15, 0.2) is 0 Å². The predicted octanol–water partition coefficient (Wildman–Crippen LogP) is -0.334. The van der Waals surface area contributed by atoms with Gasteiger partial charge in [-0.15, -0.1) is 0 Å². The zero-order valence-electron chi connectivity index (χ0n) is 4.22. The minimum absolute atomic E-state index is 0.218. The SMILES string of the molecule is CC(CN)[13C](=O)O. The Bertz CT molecular complexity index is 72.1. The highest BCUT2D eigenvalue weighted by atomic mass is 16.5. The maximum atomic E-state index is 9.85. The number of carbonyl (C=O) groups is 1.